The zero-order chi connectivity index (χ0) is 10.3. The van der Waals surface area contributed by atoms with Crippen molar-refractivity contribution in [1.29, 1.82) is 5.26 Å². The largest absolute Gasteiger partial charge is 0.480 e. The van der Waals surface area contributed by atoms with Gasteiger partial charge in [-0.25, -0.2) is 0 Å². The Morgan fingerprint density at radius 3 is 2.69 bits per heavy atom. The Kier molecular flexibility index (Phi) is 4.64. The van der Waals surface area contributed by atoms with Gasteiger partial charge in [0.1, 0.15) is 19.7 Å². The van der Waals surface area contributed by atoms with Crippen molar-refractivity contribution in [3.8, 4) is 6.07 Å². The van der Waals surface area contributed by atoms with Crippen LogP contribution in [0.5, 0.6) is 0 Å². The molecular weight excluding hydrogens is 178 g/mol. The maximum absolute atomic E-state index is 10.9. The normalized spacial score (nSPS) is 10.0. The van der Waals surface area contributed by atoms with Gasteiger partial charge in [0, 0.05) is 0 Å². The number of hydrogen-bond donors (Lipinski definition) is 2. The van der Waals surface area contributed by atoms with Crippen molar-refractivity contribution in [2.45, 2.75) is 0 Å². The third kappa shape index (κ3) is 4.36. The molecule has 0 heterocycles. The summed E-state index contributed by atoms with van der Waals surface area (Å²) in [6, 6.07) is 1.45. The average Bonchev–Trinajstić information content (AvgIpc) is 2.10. The molecule has 0 unspecified atom stereocenters. The predicted molar refractivity (Wildman–Crippen MR) is 40.7 cm³/mol. The van der Waals surface area contributed by atoms with Crippen LogP contribution in [0.4, 0.5) is 0 Å². The first-order valence-corrected chi connectivity index (χ1v) is 3.13. The van der Waals surface area contributed by atoms with Gasteiger partial charge in [-0.3, -0.25) is 9.59 Å². The molecule has 0 aromatic carbocycles. The lowest BCUT2D eigenvalue weighted by atomic mass is 10.4. The van der Waals surface area contributed by atoms with E-state index in [1.54, 1.807) is 0 Å². The third-order valence-electron chi connectivity index (χ3n) is 0.904. The van der Waals surface area contributed by atoms with E-state index in [-0.39, 0.29) is 0 Å². The van der Waals surface area contributed by atoms with Gasteiger partial charge in [0.05, 0.1) is 0 Å². The molecule has 2 N–H and O–H groups in total. The van der Waals surface area contributed by atoms with Gasteiger partial charge in [0.25, 0.3) is 5.91 Å². The second-order valence-corrected chi connectivity index (χ2v) is 1.81. The number of hydrogen-bond acceptors (Lipinski definition) is 5. The predicted octanol–water partition coefficient (Wildman–Crippen LogP) is -1.29. The van der Waals surface area contributed by atoms with E-state index < -0.39 is 24.1 Å². The first-order valence-electron chi connectivity index (χ1n) is 3.13. The minimum Gasteiger partial charge on any atom is -0.480 e. The lowest BCUT2D eigenvalue weighted by Gasteiger charge is -1.97. The van der Waals surface area contributed by atoms with Crippen molar-refractivity contribution >= 4 is 17.6 Å². The summed E-state index contributed by atoms with van der Waals surface area (Å²) < 4.78 is 0. The lowest BCUT2D eigenvalue weighted by Crippen LogP contribution is -2.34. The van der Waals surface area contributed by atoms with E-state index in [1.165, 1.54) is 13.2 Å². The van der Waals surface area contributed by atoms with Gasteiger partial charge in [0.2, 0.25) is 5.71 Å². The van der Waals surface area contributed by atoms with Gasteiger partial charge in [-0.1, -0.05) is 5.16 Å². The van der Waals surface area contributed by atoms with Crippen molar-refractivity contribution in [3.63, 3.8) is 0 Å². The van der Waals surface area contributed by atoms with Crippen LogP contribution in [0.3, 0.4) is 0 Å². The summed E-state index contributed by atoms with van der Waals surface area (Å²) >= 11 is 0. The molecule has 0 aliphatic carbocycles. The van der Waals surface area contributed by atoms with Crippen LogP contribution in [-0.2, 0) is 14.4 Å². The fourth-order valence-corrected chi connectivity index (χ4v) is 0.444. The molecule has 0 aromatic heterocycles. The standard InChI is InChI=1S/C6H7N3O4/c1-13-9-4(2-7)6(12)8-3-5(10)11/h3H2,1H3,(H,8,12)(H,10,11). The van der Waals surface area contributed by atoms with E-state index in [9.17, 15) is 9.59 Å². The van der Waals surface area contributed by atoms with Gasteiger partial charge < -0.3 is 15.3 Å². The Balaban J connectivity index is 4.18. The van der Waals surface area contributed by atoms with Crippen molar-refractivity contribution < 1.29 is 19.5 Å². The number of amides is 1. The van der Waals surface area contributed by atoms with Crippen LogP contribution in [0.1, 0.15) is 0 Å². The molecule has 0 radical (unpaired) electrons. The van der Waals surface area contributed by atoms with Gasteiger partial charge in [-0.2, -0.15) is 5.26 Å². The van der Waals surface area contributed by atoms with E-state index in [4.69, 9.17) is 10.4 Å². The summed E-state index contributed by atoms with van der Waals surface area (Å²) in [5.74, 6) is -2.09. The SMILES string of the molecule is CON=C(C#N)C(=O)NCC(=O)O. The van der Waals surface area contributed by atoms with Crippen LogP contribution in [0.15, 0.2) is 5.16 Å². The molecule has 0 rings (SSSR count). The van der Waals surface area contributed by atoms with E-state index in [0.29, 0.717) is 0 Å². The molecule has 0 aliphatic rings. The van der Waals surface area contributed by atoms with Crippen LogP contribution in [0, 0.1) is 11.3 Å². The summed E-state index contributed by atoms with van der Waals surface area (Å²) in [5, 5.41) is 21.5. The number of carboxylic acids is 1. The Morgan fingerprint density at radius 1 is 1.69 bits per heavy atom. The number of carbonyl (C=O) groups is 2. The highest BCUT2D eigenvalue weighted by Gasteiger charge is 2.11. The summed E-state index contributed by atoms with van der Waals surface area (Å²) in [5.41, 5.74) is -0.524. The van der Waals surface area contributed by atoms with E-state index in [1.807, 2.05) is 5.32 Å². The zero-order valence-electron chi connectivity index (χ0n) is 6.77. The van der Waals surface area contributed by atoms with E-state index >= 15 is 0 Å². The fraction of sp³-hybridized carbons (Fsp3) is 0.333. The molecule has 13 heavy (non-hydrogen) atoms. The number of rotatable bonds is 4. The first-order chi connectivity index (χ1) is 6.11. The summed E-state index contributed by atoms with van der Waals surface area (Å²) in [4.78, 5) is 25.0. The number of nitriles is 1. The Hall–Kier alpha value is -2.10. The van der Waals surface area contributed by atoms with Crippen LogP contribution >= 0.6 is 0 Å². The smallest absolute Gasteiger partial charge is 0.322 e. The molecular formula is C6H7N3O4. The average molecular weight is 185 g/mol. The van der Waals surface area contributed by atoms with Crippen LogP contribution in [-0.4, -0.2) is 36.3 Å². The monoisotopic (exact) mass is 185 g/mol. The number of carboxylic acid groups (broad SMARTS) is 1. The number of carbonyl (C=O) groups excluding carboxylic acids is 1. The maximum Gasteiger partial charge on any atom is 0.322 e. The molecule has 0 atom stereocenters. The van der Waals surface area contributed by atoms with Crippen molar-refractivity contribution in [1.82, 2.24) is 5.32 Å². The molecule has 1 amide bonds. The highest BCUT2D eigenvalue weighted by molar-refractivity contribution is 6.45. The molecule has 0 aliphatic heterocycles. The summed E-state index contributed by atoms with van der Waals surface area (Å²) in [6.07, 6.45) is 0. The summed E-state index contributed by atoms with van der Waals surface area (Å²) in [7, 11) is 1.17. The van der Waals surface area contributed by atoms with Gasteiger partial charge in [0.15, 0.2) is 0 Å². The van der Waals surface area contributed by atoms with Gasteiger partial charge >= 0.3 is 5.97 Å². The third-order valence-corrected chi connectivity index (χ3v) is 0.904. The Bertz CT molecular complexity index is 278. The Morgan fingerprint density at radius 2 is 2.31 bits per heavy atom. The van der Waals surface area contributed by atoms with Gasteiger partial charge in [-0.15, -0.1) is 0 Å². The summed E-state index contributed by atoms with van der Waals surface area (Å²) in [6.45, 7) is -0.566. The molecule has 0 spiro atoms. The lowest BCUT2D eigenvalue weighted by molar-refractivity contribution is -0.137. The molecule has 7 nitrogen and oxygen atoms in total. The number of aliphatic carboxylic acids is 1. The molecule has 0 bridgehead atoms. The van der Waals surface area contributed by atoms with Crippen molar-refractivity contribution in [2.24, 2.45) is 5.16 Å². The highest BCUT2D eigenvalue weighted by atomic mass is 16.6. The van der Waals surface area contributed by atoms with Crippen molar-refractivity contribution in [2.75, 3.05) is 13.7 Å². The number of oxime groups is 1. The van der Waals surface area contributed by atoms with E-state index in [0.717, 1.165) is 0 Å². The molecule has 0 aromatic rings. The second kappa shape index (κ2) is 5.54. The molecule has 0 saturated carbocycles. The number of nitrogens with zero attached hydrogens (tertiary/aromatic N) is 2. The molecule has 7 heteroatoms. The number of nitrogens with one attached hydrogen (secondary N) is 1. The molecule has 0 fully saturated rings. The van der Waals surface area contributed by atoms with Crippen molar-refractivity contribution in [3.05, 3.63) is 0 Å². The molecule has 0 saturated heterocycles. The second-order valence-electron chi connectivity index (χ2n) is 1.81. The topological polar surface area (TPSA) is 112 Å². The van der Waals surface area contributed by atoms with Crippen LogP contribution in [0.25, 0.3) is 0 Å². The first kappa shape index (κ1) is 10.9. The maximum atomic E-state index is 10.9. The minimum atomic E-state index is -1.21. The highest BCUT2D eigenvalue weighted by Crippen LogP contribution is 1.78. The van der Waals surface area contributed by atoms with Crippen LogP contribution < -0.4 is 5.32 Å². The van der Waals surface area contributed by atoms with Crippen LogP contribution in [0.2, 0.25) is 0 Å². The Labute approximate surface area is 73.6 Å². The quantitative estimate of drug-likeness (QED) is 0.418. The minimum absolute atomic E-state index is 0.524. The van der Waals surface area contributed by atoms with Gasteiger partial charge in [-0.05, 0) is 0 Å². The fourth-order valence-electron chi connectivity index (χ4n) is 0.444. The zero-order valence-corrected chi connectivity index (χ0v) is 6.77. The molecule has 70 valence electrons. The van der Waals surface area contributed by atoms with E-state index in [2.05, 4.69) is 9.99 Å².